The van der Waals surface area contributed by atoms with Crippen LogP contribution in [0.5, 0.6) is 0 Å². The molecule has 0 amide bonds. The van der Waals surface area contributed by atoms with Crippen LogP contribution in [0.4, 0.5) is 5.13 Å². The number of hydrogen-bond donors (Lipinski definition) is 1. The second kappa shape index (κ2) is 4.35. The van der Waals surface area contributed by atoms with Crippen molar-refractivity contribution in [3.8, 4) is 0 Å². The Morgan fingerprint density at radius 1 is 1.47 bits per heavy atom. The van der Waals surface area contributed by atoms with Crippen molar-refractivity contribution in [2.45, 2.75) is 13.8 Å². The molecule has 0 aliphatic rings. The van der Waals surface area contributed by atoms with Gasteiger partial charge in [-0.3, -0.25) is 0 Å². The first-order valence-corrected chi connectivity index (χ1v) is 5.61. The van der Waals surface area contributed by atoms with Crippen LogP contribution in [0, 0.1) is 6.92 Å². The lowest BCUT2D eigenvalue weighted by atomic mass is 10.2. The van der Waals surface area contributed by atoms with Crippen molar-refractivity contribution in [3.63, 3.8) is 0 Å². The molecular formula is C10H12N4S. The van der Waals surface area contributed by atoms with E-state index in [0.29, 0.717) is 6.54 Å². The molecule has 0 atom stereocenters. The van der Waals surface area contributed by atoms with E-state index in [1.165, 1.54) is 10.3 Å². The molecule has 0 bridgehead atoms. The van der Waals surface area contributed by atoms with Gasteiger partial charge in [0.25, 0.3) is 0 Å². The molecule has 0 spiro atoms. The molecular weight excluding hydrogens is 208 g/mol. The highest BCUT2D eigenvalue weighted by Crippen LogP contribution is 2.26. The smallest absolute Gasteiger partial charge is 0.205 e. The van der Waals surface area contributed by atoms with Gasteiger partial charge in [0.05, 0.1) is 16.8 Å². The minimum atomic E-state index is 0.678. The molecule has 0 aliphatic heterocycles. The third-order valence-corrected chi connectivity index (χ3v) is 2.82. The molecule has 2 aromatic rings. The maximum atomic E-state index is 4.38. The van der Waals surface area contributed by atoms with Crippen LogP contribution in [-0.2, 0) is 0 Å². The standard InChI is InChI=1S/C10H12N4S/c1-3-11-14-13-10-12-8-5-4-7(2)6-9(8)15-10/h4-6H,3H2,1-2H3,(H,11,12,13). The Labute approximate surface area is 92.0 Å². The average Bonchev–Trinajstić information content (AvgIpc) is 2.60. The van der Waals surface area contributed by atoms with E-state index in [4.69, 9.17) is 0 Å². The number of nitrogens with one attached hydrogen (secondary N) is 1. The lowest BCUT2D eigenvalue weighted by molar-refractivity contribution is 0.962. The van der Waals surface area contributed by atoms with Crippen LogP contribution in [-0.4, -0.2) is 11.5 Å². The minimum Gasteiger partial charge on any atom is -0.234 e. The number of aryl methyl sites for hydroxylation is 1. The molecule has 1 aromatic heterocycles. The number of benzene rings is 1. The molecule has 5 heteroatoms. The van der Waals surface area contributed by atoms with Gasteiger partial charge < -0.3 is 0 Å². The summed E-state index contributed by atoms with van der Waals surface area (Å²) in [7, 11) is 0. The summed E-state index contributed by atoms with van der Waals surface area (Å²) in [4.78, 5) is 4.38. The van der Waals surface area contributed by atoms with E-state index < -0.39 is 0 Å². The van der Waals surface area contributed by atoms with Gasteiger partial charge in [-0.2, -0.15) is 5.11 Å². The number of hydrogen-bond acceptors (Lipinski definition) is 4. The Morgan fingerprint density at radius 3 is 3.13 bits per heavy atom. The van der Waals surface area contributed by atoms with Gasteiger partial charge in [-0.05, 0) is 31.5 Å². The predicted molar refractivity (Wildman–Crippen MR) is 63.4 cm³/mol. The highest BCUT2D eigenvalue weighted by Gasteiger charge is 2.02. The molecule has 1 aromatic carbocycles. The van der Waals surface area contributed by atoms with Gasteiger partial charge >= 0.3 is 0 Å². The zero-order chi connectivity index (χ0) is 10.7. The van der Waals surface area contributed by atoms with Crippen molar-refractivity contribution in [1.29, 1.82) is 0 Å². The number of rotatable bonds is 3. The van der Waals surface area contributed by atoms with Crippen molar-refractivity contribution < 1.29 is 0 Å². The predicted octanol–water partition coefficient (Wildman–Crippen LogP) is 3.40. The number of thiazole rings is 1. The number of aromatic nitrogens is 1. The SMILES string of the molecule is CCN=NNc1nc2ccc(C)cc2s1. The fourth-order valence-electron chi connectivity index (χ4n) is 1.23. The van der Waals surface area contributed by atoms with Crippen LogP contribution in [0.25, 0.3) is 10.2 Å². The third-order valence-electron chi connectivity index (χ3n) is 1.90. The molecule has 0 saturated heterocycles. The zero-order valence-corrected chi connectivity index (χ0v) is 9.51. The quantitative estimate of drug-likeness (QED) is 0.636. The van der Waals surface area contributed by atoms with Crippen molar-refractivity contribution in [2.75, 3.05) is 12.0 Å². The fourth-order valence-corrected chi connectivity index (χ4v) is 2.13. The molecule has 0 aliphatic carbocycles. The molecule has 78 valence electrons. The summed E-state index contributed by atoms with van der Waals surface area (Å²) in [6, 6.07) is 6.19. The Kier molecular flexibility index (Phi) is 2.91. The van der Waals surface area contributed by atoms with E-state index >= 15 is 0 Å². The minimum absolute atomic E-state index is 0.678. The van der Waals surface area contributed by atoms with Gasteiger partial charge in [0.1, 0.15) is 0 Å². The van der Waals surface area contributed by atoms with Crippen LogP contribution < -0.4 is 5.43 Å². The van der Waals surface area contributed by atoms with E-state index in [9.17, 15) is 0 Å². The van der Waals surface area contributed by atoms with Gasteiger partial charge in [-0.25, -0.2) is 10.4 Å². The number of anilines is 1. The molecule has 1 N–H and O–H groups in total. The van der Waals surface area contributed by atoms with Gasteiger partial charge in [0.15, 0.2) is 0 Å². The Hall–Kier alpha value is -1.49. The van der Waals surface area contributed by atoms with Gasteiger partial charge in [-0.15, -0.1) is 0 Å². The van der Waals surface area contributed by atoms with Gasteiger partial charge in [0.2, 0.25) is 5.13 Å². The van der Waals surface area contributed by atoms with Crippen molar-refractivity contribution in [1.82, 2.24) is 4.98 Å². The Bertz CT molecular complexity index is 489. The first-order valence-electron chi connectivity index (χ1n) is 4.79. The zero-order valence-electron chi connectivity index (χ0n) is 8.69. The second-order valence-corrected chi connectivity index (χ2v) is 4.19. The lowest BCUT2D eigenvalue weighted by Crippen LogP contribution is -1.84. The first-order chi connectivity index (χ1) is 7.29. The van der Waals surface area contributed by atoms with Gasteiger partial charge in [-0.1, -0.05) is 22.6 Å². The first kappa shape index (κ1) is 10.0. The van der Waals surface area contributed by atoms with E-state index in [0.717, 1.165) is 10.6 Å². The normalized spacial score (nSPS) is 11.3. The number of nitrogens with zero attached hydrogens (tertiary/aromatic N) is 3. The van der Waals surface area contributed by atoms with Crippen molar-refractivity contribution in [2.24, 2.45) is 10.3 Å². The van der Waals surface area contributed by atoms with Crippen molar-refractivity contribution >= 4 is 26.7 Å². The van der Waals surface area contributed by atoms with Crippen LogP contribution in [0.1, 0.15) is 12.5 Å². The van der Waals surface area contributed by atoms with E-state index in [1.807, 2.05) is 13.0 Å². The lowest BCUT2D eigenvalue weighted by Gasteiger charge is -1.88. The van der Waals surface area contributed by atoms with Gasteiger partial charge in [0, 0.05) is 0 Å². The van der Waals surface area contributed by atoms with E-state index in [-0.39, 0.29) is 0 Å². The fraction of sp³-hybridized carbons (Fsp3) is 0.300. The Morgan fingerprint density at radius 2 is 2.33 bits per heavy atom. The molecule has 0 saturated carbocycles. The summed E-state index contributed by atoms with van der Waals surface area (Å²) >= 11 is 1.59. The van der Waals surface area contributed by atoms with E-state index in [2.05, 4.69) is 39.8 Å². The highest BCUT2D eigenvalue weighted by molar-refractivity contribution is 7.22. The molecule has 0 unspecified atom stereocenters. The van der Waals surface area contributed by atoms with Crippen LogP contribution in [0.2, 0.25) is 0 Å². The highest BCUT2D eigenvalue weighted by atomic mass is 32.1. The van der Waals surface area contributed by atoms with Crippen LogP contribution in [0.3, 0.4) is 0 Å². The molecule has 2 rings (SSSR count). The molecule has 0 radical (unpaired) electrons. The second-order valence-electron chi connectivity index (χ2n) is 3.16. The maximum absolute atomic E-state index is 4.38. The monoisotopic (exact) mass is 220 g/mol. The summed E-state index contributed by atoms with van der Waals surface area (Å²) < 4.78 is 1.17. The molecule has 1 heterocycles. The molecule has 4 nitrogen and oxygen atoms in total. The molecule has 15 heavy (non-hydrogen) atoms. The summed E-state index contributed by atoms with van der Waals surface area (Å²) in [6.07, 6.45) is 0. The van der Waals surface area contributed by atoms with Crippen molar-refractivity contribution in [3.05, 3.63) is 23.8 Å². The van der Waals surface area contributed by atoms with Crippen LogP contribution >= 0.6 is 11.3 Å². The summed E-state index contributed by atoms with van der Waals surface area (Å²) in [5.41, 5.74) is 5.06. The summed E-state index contributed by atoms with van der Waals surface area (Å²) in [6.45, 7) is 4.69. The third kappa shape index (κ3) is 2.30. The summed E-state index contributed by atoms with van der Waals surface area (Å²) in [5, 5.41) is 8.42. The van der Waals surface area contributed by atoms with Crippen LogP contribution in [0.15, 0.2) is 28.5 Å². The number of fused-ring (bicyclic) bond motifs is 1. The average molecular weight is 220 g/mol. The topological polar surface area (TPSA) is 49.6 Å². The summed E-state index contributed by atoms with van der Waals surface area (Å²) in [5.74, 6) is 0. The molecule has 0 fully saturated rings. The maximum Gasteiger partial charge on any atom is 0.205 e. The Balaban J connectivity index is 2.27. The largest absolute Gasteiger partial charge is 0.234 e. The van der Waals surface area contributed by atoms with E-state index in [1.54, 1.807) is 11.3 Å².